The van der Waals surface area contributed by atoms with Crippen LogP contribution in [0.4, 0.5) is 0 Å². The summed E-state index contributed by atoms with van der Waals surface area (Å²) in [5.41, 5.74) is 10.2. The summed E-state index contributed by atoms with van der Waals surface area (Å²) in [6.45, 7) is 2.12. The predicted molar refractivity (Wildman–Crippen MR) is 49.7 cm³/mol. The van der Waals surface area contributed by atoms with Crippen molar-refractivity contribution in [2.24, 2.45) is 21.7 Å². The summed E-state index contributed by atoms with van der Waals surface area (Å²) in [7, 11) is 0. The maximum Gasteiger partial charge on any atom is 0.211 e. The van der Waals surface area contributed by atoms with E-state index >= 15 is 0 Å². The third kappa shape index (κ3) is 3.23. The Bertz CT molecular complexity index is 176. The van der Waals surface area contributed by atoms with Crippen molar-refractivity contribution in [1.82, 2.24) is 4.90 Å². The molecule has 1 heterocycles. The molecular formula is C7H15N5. The van der Waals surface area contributed by atoms with Crippen molar-refractivity contribution in [1.29, 1.82) is 0 Å². The van der Waals surface area contributed by atoms with Gasteiger partial charge in [-0.3, -0.25) is 0 Å². The van der Waals surface area contributed by atoms with Gasteiger partial charge in [0.1, 0.15) is 6.34 Å². The maximum atomic E-state index is 5.10. The number of hydrogen-bond donors (Lipinski definition) is 2. The molecule has 0 aromatic rings. The van der Waals surface area contributed by atoms with Gasteiger partial charge in [0.05, 0.1) is 0 Å². The van der Waals surface area contributed by atoms with Gasteiger partial charge in [0.25, 0.3) is 0 Å². The van der Waals surface area contributed by atoms with Gasteiger partial charge in [0, 0.05) is 13.1 Å². The summed E-state index contributed by atoms with van der Waals surface area (Å²) < 4.78 is 0. The van der Waals surface area contributed by atoms with Crippen LogP contribution in [0.3, 0.4) is 0 Å². The Morgan fingerprint density at radius 2 is 1.83 bits per heavy atom. The molecule has 68 valence electrons. The van der Waals surface area contributed by atoms with Crippen LogP contribution in [0.25, 0.3) is 0 Å². The zero-order chi connectivity index (χ0) is 8.81. The molecule has 1 aliphatic heterocycles. The SMILES string of the molecule is NC(N)=NN=CN1CCCCC1. The smallest absolute Gasteiger partial charge is 0.211 e. The molecule has 0 amide bonds. The third-order valence-corrected chi connectivity index (χ3v) is 1.78. The summed E-state index contributed by atoms with van der Waals surface area (Å²) in [6, 6.07) is 0. The molecule has 1 aliphatic rings. The molecular weight excluding hydrogens is 154 g/mol. The van der Waals surface area contributed by atoms with Crippen molar-refractivity contribution in [3.05, 3.63) is 0 Å². The molecule has 0 atom stereocenters. The molecule has 1 rings (SSSR count). The van der Waals surface area contributed by atoms with Gasteiger partial charge in [-0.05, 0) is 19.3 Å². The number of hydrogen-bond acceptors (Lipinski definition) is 2. The van der Waals surface area contributed by atoms with Gasteiger partial charge in [-0.1, -0.05) is 0 Å². The van der Waals surface area contributed by atoms with E-state index < -0.39 is 0 Å². The van der Waals surface area contributed by atoms with Crippen LogP contribution in [-0.4, -0.2) is 30.3 Å². The van der Waals surface area contributed by atoms with Crippen molar-refractivity contribution < 1.29 is 0 Å². The summed E-state index contributed by atoms with van der Waals surface area (Å²) in [6.07, 6.45) is 5.47. The van der Waals surface area contributed by atoms with Gasteiger partial charge in [0.2, 0.25) is 5.96 Å². The molecule has 0 aromatic heterocycles. The summed E-state index contributed by atoms with van der Waals surface area (Å²) in [4.78, 5) is 2.12. The molecule has 0 aromatic carbocycles. The Hall–Kier alpha value is -1.26. The third-order valence-electron chi connectivity index (χ3n) is 1.78. The maximum absolute atomic E-state index is 5.10. The van der Waals surface area contributed by atoms with Crippen molar-refractivity contribution in [3.8, 4) is 0 Å². The molecule has 0 saturated carbocycles. The fraction of sp³-hybridized carbons (Fsp3) is 0.714. The second-order valence-electron chi connectivity index (χ2n) is 2.85. The summed E-state index contributed by atoms with van der Waals surface area (Å²) >= 11 is 0. The van der Waals surface area contributed by atoms with Crippen LogP contribution >= 0.6 is 0 Å². The fourth-order valence-electron chi connectivity index (χ4n) is 1.20. The van der Waals surface area contributed by atoms with Crippen LogP contribution in [0.15, 0.2) is 10.2 Å². The van der Waals surface area contributed by atoms with E-state index in [1.807, 2.05) is 0 Å². The molecule has 0 bridgehead atoms. The van der Waals surface area contributed by atoms with E-state index in [1.54, 1.807) is 6.34 Å². The van der Waals surface area contributed by atoms with Crippen molar-refractivity contribution in [3.63, 3.8) is 0 Å². The number of nitrogens with zero attached hydrogens (tertiary/aromatic N) is 3. The number of nitrogens with two attached hydrogens (primary N) is 2. The van der Waals surface area contributed by atoms with E-state index in [4.69, 9.17) is 11.5 Å². The van der Waals surface area contributed by atoms with Crippen molar-refractivity contribution in [2.75, 3.05) is 13.1 Å². The standard InChI is InChI=1S/C7H15N5/c8-7(9)11-10-6-12-4-2-1-3-5-12/h6H,1-5H2,(H4,8,9,11). The monoisotopic (exact) mass is 169 g/mol. The predicted octanol–water partition coefficient (Wildman–Crippen LogP) is -0.311. The van der Waals surface area contributed by atoms with Gasteiger partial charge in [-0.15, -0.1) is 10.2 Å². The average Bonchev–Trinajstić information content (AvgIpc) is 2.05. The Morgan fingerprint density at radius 3 is 2.42 bits per heavy atom. The number of rotatable bonds is 2. The van der Waals surface area contributed by atoms with E-state index in [-0.39, 0.29) is 5.96 Å². The zero-order valence-electron chi connectivity index (χ0n) is 7.11. The van der Waals surface area contributed by atoms with Crippen LogP contribution in [0.1, 0.15) is 19.3 Å². The van der Waals surface area contributed by atoms with Crippen LogP contribution in [0.2, 0.25) is 0 Å². The zero-order valence-corrected chi connectivity index (χ0v) is 7.11. The minimum Gasteiger partial charge on any atom is -0.369 e. The molecule has 5 heteroatoms. The molecule has 0 spiro atoms. The fourth-order valence-corrected chi connectivity index (χ4v) is 1.20. The highest BCUT2D eigenvalue weighted by Gasteiger charge is 2.04. The van der Waals surface area contributed by atoms with E-state index in [1.165, 1.54) is 19.3 Å². The van der Waals surface area contributed by atoms with E-state index in [0.717, 1.165) is 13.1 Å². The number of guanidine groups is 1. The average molecular weight is 169 g/mol. The van der Waals surface area contributed by atoms with Crippen LogP contribution in [-0.2, 0) is 0 Å². The highest BCUT2D eigenvalue weighted by Crippen LogP contribution is 2.05. The molecule has 0 aliphatic carbocycles. The first-order valence-electron chi connectivity index (χ1n) is 4.15. The topological polar surface area (TPSA) is 80.0 Å². The Balaban J connectivity index is 2.29. The molecule has 1 saturated heterocycles. The lowest BCUT2D eigenvalue weighted by atomic mass is 10.1. The summed E-state index contributed by atoms with van der Waals surface area (Å²) in [5, 5.41) is 7.25. The molecule has 12 heavy (non-hydrogen) atoms. The quantitative estimate of drug-likeness (QED) is 0.338. The Morgan fingerprint density at radius 1 is 1.17 bits per heavy atom. The number of likely N-dealkylation sites (tertiary alicyclic amines) is 1. The van der Waals surface area contributed by atoms with Gasteiger partial charge < -0.3 is 16.4 Å². The minimum atomic E-state index is 0.00302. The highest BCUT2D eigenvalue weighted by molar-refractivity contribution is 5.76. The largest absolute Gasteiger partial charge is 0.369 e. The lowest BCUT2D eigenvalue weighted by molar-refractivity contribution is 0.350. The molecule has 5 nitrogen and oxygen atoms in total. The van der Waals surface area contributed by atoms with Gasteiger partial charge in [0.15, 0.2) is 0 Å². The molecule has 1 fully saturated rings. The second kappa shape index (κ2) is 4.58. The van der Waals surface area contributed by atoms with Crippen LogP contribution < -0.4 is 11.5 Å². The highest BCUT2D eigenvalue weighted by atomic mass is 15.3. The van der Waals surface area contributed by atoms with E-state index in [2.05, 4.69) is 15.1 Å². The molecule has 0 radical (unpaired) electrons. The van der Waals surface area contributed by atoms with Gasteiger partial charge >= 0.3 is 0 Å². The van der Waals surface area contributed by atoms with Gasteiger partial charge in [-0.25, -0.2) is 0 Å². The van der Waals surface area contributed by atoms with E-state index in [9.17, 15) is 0 Å². The van der Waals surface area contributed by atoms with Crippen molar-refractivity contribution in [2.45, 2.75) is 19.3 Å². The molecule has 4 N–H and O–H groups in total. The molecule has 0 unspecified atom stereocenters. The first-order valence-corrected chi connectivity index (χ1v) is 4.15. The number of piperidine rings is 1. The minimum absolute atomic E-state index is 0.00302. The Kier molecular flexibility index (Phi) is 3.37. The lowest BCUT2D eigenvalue weighted by Crippen LogP contribution is -2.28. The first-order chi connectivity index (χ1) is 5.79. The van der Waals surface area contributed by atoms with Crippen LogP contribution in [0, 0.1) is 0 Å². The Labute approximate surface area is 72.1 Å². The van der Waals surface area contributed by atoms with Crippen LogP contribution in [0.5, 0.6) is 0 Å². The van der Waals surface area contributed by atoms with Crippen molar-refractivity contribution >= 4 is 12.3 Å². The van der Waals surface area contributed by atoms with Gasteiger partial charge in [-0.2, -0.15) is 0 Å². The normalized spacial score (nSPS) is 18.2. The summed E-state index contributed by atoms with van der Waals surface area (Å²) in [5.74, 6) is 0.00302. The second-order valence-corrected chi connectivity index (χ2v) is 2.85. The van der Waals surface area contributed by atoms with E-state index in [0.29, 0.717) is 0 Å². The lowest BCUT2D eigenvalue weighted by Gasteiger charge is -2.23. The first kappa shape index (κ1) is 8.83.